The monoisotopic (exact) mass is 514 g/mol. The van der Waals surface area contributed by atoms with Crippen LogP contribution < -0.4 is 20.7 Å². The molecule has 4 rings (SSSR count). The standard InChI is InChI=1S/C24H27ClN6O5/c1-24(2,3)36-23(34)31-22-26-9-8-14(30-22)18-19(28-15-7-5-6-13(25)20(15)35-4)17-16(29-18)10-12(11-32)27-21(17)33/h5-9,12,28-29,32H,10-11H2,1-4H3,(H,27,33)(H,26,30,31,34). The number of hydrogen-bond donors (Lipinski definition) is 5. The average Bonchev–Trinajstić information content (AvgIpc) is 3.16. The van der Waals surface area contributed by atoms with Crippen LogP contribution in [0.2, 0.25) is 5.02 Å². The zero-order valence-corrected chi connectivity index (χ0v) is 21.0. The van der Waals surface area contributed by atoms with E-state index in [1.165, 1.54) is 13.3 Å². The van der Waals surface area contributed by atoms with Gasteiger partial charge in [0.15, 0.2) is 5.75 Å². The molecular formula is C24H27ClN6O5. The molecule has 1 aromatic carbocycles. The molecule has 3 heterocycles. The van der Waals surface area contributed by atoms with Gasteiger partial charge < -0.3 is 30.2 Å². The lowest BCUT2D eigenvalue weighted by Crippen LogP contribution is -2.43. The van der Waals surface area contributed by atoms with Crippen molar-refractivity contribution in [3.63, 3.8) is 0 Å². The zero-order valence-electron chi connectivity index (χ0n) is 20.2. The maximum atomic E-state index is 13.0. The van der Waals surface area contributed by atoms with Gasteiger partial charge in [0.05, 0.1) is 53.1 Å². The summed E-state index contributed by atoms with van der Waals surface area (Å²) in [6, 6.07) is 6.41. The van der Waals surface area contributed by atoms with E-state index in [0.717, 1.165) is 0 Å². The lowest BCUT2D eigenvalue weighted by atomic mass is 10.0. The molecule has 2 amide bonds. The van der Waals surface area contributed by atoms with Crippen LogP contribution in [-0.4, -0.2) is 57.4 Å². The van der Waals surface area contributed by atoms with Crippen molar-refractivity contribution in [2.45, 2.75) is 38.8 Å². The number of para-hydroxylation sites is 1. The number of nitrogens with one attached hydrogen (secondary N) is 4. The normalized spacial score (nSPS) is 15.1. The van der Waals surface area contributed by atoms with Gasteiger partial charge in [-0.1, -0.05) is 17.7 Å². The molecule has 11 nitrogen and oxygen atoms in total. The third-order valence-electron chi connectivity index (χ3n) is 5.27. The number of rotatable bonds is 6. The molecule has 1 aliphatic heterocycles. The van der Waals surface area contributed by atoms with Crippen LogP contribution in [0.5, 0.6) is 5.75 Å². The van der Waals surface area contributed by atoms with Crippen molar-refractivity contribution in [3.05, 3.63) is 46.7 Å². The SMILES string of the molecule is COc1c(Cl)cccc1Nc1c(-c2ccnc(NC(=O)OC(C)(C)C)n2)[nH]c2c1C(=O)NC(CO)C2. The quantitative estimate of drug-likeness (QED) is 0.332. The van der Waals surface area contributed by atoms with E-state index in [-0.39, 0.29) is 18.5 Å². The lowest BCUT2D eigenvalue weighted by Gasteiger charge is -2.22. The Balaban J connectivity index is 1.78. The Morgan fingerprint density at radius 2 is 2.08 bits per heavy atom. The van der Waals surface area contributed by atoms with E-state index in [2.05, 4.69) is 30.9 Å². The molecule has 5 N–H and O–H groups in total. The molecule has 0 saturated carbocycles. The first-order valence-electron chi connectivity index (χ1n) is 11.2. The van der Waals surface area contributed by atoms with Crippen molar-refractivity contribution in [2.75, 3.05) is 24.4 Å². The molecule has 0 fully saturated rings. The zero-order chi connectivity index (χ0) is 26.0. The highest BCUT2D eigenvalue weighted by molar-refractivity contribution is 6.32. The second-order valence-electron chi connectivity index (χ2n) is 9.12. The predicted molar refractivity (Wildman–Crippen MR) is 135 cm³/mol. The Labute approximate surface area is 212 Å². The summed E-state index contributed by atoms with van der Waals surface area (Å²) in [4.78, 5) is 37.1. The molecular weight excluding hydrogens is 488 g/mol. The Kier molecular flexibility index (Phi) is 7.04. The molecule has 1 atom stereocenters. The fourth-order valence-corrected chi connectivity index (χ4v) is 4.09. The maximum Gasteiger partial charge on any atom is 0.414 e. The van der Waals surface area contributed by atoms with Gasteiger partial charge in [-0.3, -0.25) is 10.1 Å². The number of carbonyl (C=O) groups excluding carboxylic acids is 2. The summed E-state index contributed by atoms with van der Waals surface area (Å²) in [5.41, 5.74) is 2.15. The van der Waals surface area contributed by atoms with E-state index in [9.17, 15) is 14.7 Å². The van der Waals surface area contributed by atoms with Crippen molar-refractivity contribution in [1.82, 2.24) is 20.3 Å². The Hall–Kier alpha value is -3.83. The van der Waals surface area contributed by atoms with E-state index in [4.69, 9.17) is 21.1 Å². The van der Waals surface area contributed by atoms with Crippen LogP contribution in [0, 0.1) is 0 Å². The van der Waals surface area contributed by atoms with Crippen LogP contribution >= 0.6 is 11.6 Å². The third kappa shape index (κ3) is 5.37. The fourth-order valence-electron chi connectivity index (χ4n) is 3.84. The Bertz CT molecular complexity index is 1300. The summed E-state index contributed by atoms with van der Waals surface area (Å²) in [5, 5.41) is 18.6. The van der Waals surface area contributed by atoms with Gasteiger partial charge in [-0.15, -0.1) is 0 Å². The summed E-state index contributed by atoms with van der Waals surface area (Å²) < 4.78 is 10.7. The summed E-state index contributed by atoms with van der Waals surface area (Å²) in [6.45, 7) is 5.04. The lowest BCUT2D eigenvalue weighted by molar-refractivity contribution is 0.0634. The van der Waals surface area contributed by atoms with Crippen LogP contribution in [0.15, 0.2) is 30.5 Å². The van der Waals surface area contributed by atoms with Gasteiger partial charge in [-0.25, -0.2) is 14.8 Å². The van der Waals surface area contributed by atoms with Crippen LogP contribution in [0.3, 0.4) is 0 Å². The number of anilines is 3. The van der Waals surface area contributed by atoms with Crippen molar-refractivity contribution in [3.8, 4) is 17.1 Å². The highest BCUT2D eigenvalue weighted by Gasteiger charge is 2.32. The van der Waals surface area contributed by atoms with Crippen LogP contribution in [-0.2, 0) is 11.2 Å². The number of H-pyrrole nitrogens is 1. The number of aromatic nitrogens is 3. The molecule has 1 unspecified atom stereocenters. The van der Waals surface area contributed by atoms with Gasteiger partial charge >= 0.3 is 6.09 Å². The second kappa shape index (κ2) is 10.0. The van der Waals surface area contributed by atoms with E-state index < -0.39 is 17.7 Å². The van der Waals surface area contributed by atoms with E-state index in [0.29, 0.717) is 51.2 Å². The first kappa shape index (κ1) is 25.3. The summed E-state index contributed by atoms with van der Waals surface area (Å²) in [7, 11) is 1.50. The summed E-state index contributed by atoms with van der Waals surface area (Å²) in [5.74, 6) is 0.0697. The largest absolute Gasteiger partial charge is 0.493 e. The van der Waals surface area contributed by atoms with E-state index in [1.54, 1.807) is 45.0 Å². The number of nitrogens with zero attached hydrogens (tertiary/aromatic N) is 2. The summed E-state index contributed by atoms with van der Waals surface area (Å²) >= 11 is 6.30. The first-order chi connectivity index (χ1) is 17.1. The molecule has 3 aromatic rings. The molecule has 190 valence electrons. The number of methoxy groups -OCH3 is 1. The minimum atomic E-state index is -0.697. The predicted octanol–water partition coefficient (Wildman–Crippen LogP) is 3.87. The van der Waals surface area contributed by atoms with Crippen LogP contribution in [0.4, 0.5) is 22.1 Å². The van der Waals surface area contributed by atoms with E-state index in [1.807, 2.05) is 0 Å². The number of benzene rings is 1. The number of aliphatic hydroxyl groups excluding tert-OH is 1. The van der Waals surface area contributed by atoms with Gasteiger partial charge in [-0.2, -0.15) is 0 Å². The highest BCUT2D eigenvalue weighted by Crippen LogP contribution is 2.40. The topological polar surface area (TPSA) is 150 Å². The molecule has 2 aromatic heterocycles. The van der Waals surface area contributed by atoms with Crippen LogP contribution in [0.1, 0.15) is 36.8 Å². The molecule has 12 heteroatoms. The van der Waals surface area contributed by atoms with Crippen molar-refractivity contribution in [1.29, 1.82) is 0 Å². The number of hydrogen-bond acceptors (Lipinski definition) is 8. The van der Waals surface area contributed by atoms with Gasteiger partial charge in [0.1, 0.15) is 5.60 Å². The molecule has 0 saturated heterocycles. The number of aliphatic hydroxyl groups is 1. The first-order valence-corrected chi connectivity index (χ1v) is 11.6. The van der Waals surface area contributed by atoms with Gasteiger partial charge in [0, 0.05) is 18.3 Å². The molecule has 0 spiro atoms. The highest BCUT2D eigenvalue weighted by atomic mass is 35.5. The molecule has 1 aliphatic rings. The minimum Gasteiger partial charge on any atom is -0.493 e. The smallest absolute Gasteiger partial charge is 0.414 e. The minimum absolute atomic E-state index is 0.0262. The number of fused-ring (bicyclic) bond motifs is 1. The Morgan fingerprint density at radius 1 is 1.31 bits per heavy atom. The number of aromatic amines is 1. The number of ether oxygens (including phenoxy) is 2. The maximum absolute atomic E-state index is 13.0. The van der Waals surface area contributed by atoms with Gasteiger partial charge in [-0.05, 0) is 39.0 Å². The fraction of sp³-hybridized carbons (Fsp3) is 0.333. The number of amides is 2. The second-order valence-corrected chi connectivity index (χ2v) is 9.53. The number of halogens is 1. The van der Waals surface area contributed by atoms with Crippen molar-refractivity contribution in [2.24, 2.45) is 0 Å². The molecule has 0 aliphatic carbocycles. The molecule has 36 heavy (non-hydrogen) atoms. The van der Waals surface area contributed by atoms with Gasteiger partial charge in [0.2, 0.25) is 5.95 Å². The average molecular weight is 515 g/mol. The van der Waals surface area contributed by atoms with Crippen molar-refractivity contribution >= 4 is 40.9 Å². The Morgan fingerprint density at radius 3 is 2.78 bits per heavy atom. The summed E-state index contributed by atoms with van der Waals surface area (Å²) in [6.07, 6.45) is 1.17. The van der Waals surface area contributed by atoms with Crippen molar-refractivity contribution < 1.29 is 24.2 Å². The van der Waals surface area contributed by atoms with Crippen LogP contribution in [0.25, 0.3) is 11.4 Å². The molecule has 0 bridgehead atoms. The molecule has 0 radical (unpaired) electrons. The third-order valence-corrected chi connectivity index (χ3v) is 5.56. The van der Waals surface area contributed by atoms with Gasteiger partial charge in [0.25, 0.3) is 5.91 Å². The van der Waals surface area contributed by atoms with E-state index >= 15 is 0 Å². The number of carbonyl (C=O) groups is 2.